The molecule has 3 rings (SSSR count). The summed E-state index contributed by atoms with van der Waals surface area (Å²) in [6, 6.07) is 13.2. The minimum Gasteiger partial charge on any atom is -0.497 e. The Bertz CT molecular complexity index is 693. The van der Waals surface area contributed by atoms with Crippen LogP contribution < -0.4 is 10.5 Å². The zero-order valence-corrected chi connectivity index (χ0v) is 12.7. The molecule has 21 heavy (non-hydrogen) atoms. The molecule has 0 amide bonds. The molecular formula is C17H21N3O. The predicted molar refractivity (Wildman–Crippen MR) is 86.7 cm³/mol. The monoisotopic (exact) mass is 283 g/mol. The van der Waals surface area contributed by atoms with Crippen LogP contribution in [0.25, 0.3) is 10.8 Å². The number of hydrogen-bond donors (Lipinski definition) is 1. The van der Waals surface area contributed by atoms with Crippen molar-refractivity contribution in [1.29, 1.82) is 0 Å². The number of aliphatic imine (C=N–C) groups is 1. The van der Waals surface area contributed by atoms with Gasteiger partial charge in [0.1, 0.15) is 5.75 Å². The molecule has 2 aromatic carbocycles. The van der Waals surface area contributed by atoms with Crippen molar-refractivity contribution >= 4 is 16.7 Å². The van der Waals surface area contributed by atoms with Gasteiger partial charge in [-0.25, -0.2) is 0 Å². The van der Waals surface area contributed by atoms with E-state index in [4.69, 9.17) is 10.5 Å². The summed E-state index contributed by atoms with van der Waals surface area (Å²) in [6.07, 6.45) is 0. The Hall–Kier alpha value is -2.23. The minimum absolute atomic E-state index is 0.233. The molecule has 0 spiro atoms. The summed E-state index contributed by atoms with van der Waals surface area (Å²) in [7, 11) is 1.69. The van der Waals surface area contributed by atoms with Crippen LogP contribution in [0.15, 0.2) is 41.4 Å². The van der Waals surface area contributed by atoms with Crippen LogP contribution in [0.3, 0.4) is 0 Å². The zero-order chi connectivity index (χ0) is 15.0. The molecule has 1 heterocycles. The first-order valence-electron chi connectivity index (χ1n) is 7.26. The largest absolute Gasteiger partial charge is 0.497 e. The van der Waals surface area contributed by atoms with Gasteiger partial charge in [0.15, 0.2) is 5.96 Å². The highest BCUT2D eigenvalue weighted by Crippen LogP contribution is 2.30. The van der Waals surface area contributed by atoms with Crippen molar-refractivity contribution < 1.29 is 4.74 Å². The van der Waals surface area contributed by atoms with Crippen LogP contribution >= 0.6 is 0 Å². The Kier molecular flexibility index (Phi) is 3.45. The Balaban J connectivity index is 1.98. The fourth-order valence-electron chi connectivity index (χ4n) is 2.98. The third-order valence-electron chi connectivity index (χ3n) is 4.04. The van der Waals surface area contributed by atoms with E-state index in [-0.39, 0.29) is 6.04 Å². The number of rotatable bonds is 3. The molecule has 1 aliphatic heterocycles. The van der Waals surface area contributed by atoms with Gasteiger partial charge in [-0.05, 0) is 48.4 Å². The second-order valence-corrected chi connectivity index (χ2v) is 5.69. The fraction of sp³-hybridized carbons (Fsp3) is 0.353. The molecule has 0 aromatic heterocycles. The van der Waals surface area contributed by atoms with E-state index in [0.29, 0.717) is 12.0 Å². The molecule has 4 heteroatoms. The summed E-state index contributed by atoms with van der Waals surface area (Å²) in [4.78, 5) is 6.59. The van der Waals surface area contributed by atoms with Crippen LogP contribution in [0, 0.1) is 0 Å². The van der Waals surface area contributed by atoms with Crippen molar-refractivity contribution in [3.8, 4) is 5.75 Å². The second kappa shape index (κ2) is 5.28. The Morgan fingerprint density at radius 2 is 1.90 bits per heavy atom. The van der Waals surface area contributed by atoms with Crippen molar-refractivity contribution in [2.45, 2.75) is 25.9 Å². The lowest BCUT2D eigenvalue weighted by atomic mass is 10.0. The summed E-state index contributed by atoms with van der Waals surface area (Å²) < 4.78 is 5.27. The SMILES string of the molecule is COc1ccc2cc(C3CN=C(N)N3C(C)C)ccc2c1. The smallest absolute Gasteiger partial charge is 0.192 e. The van der Waals surface area contributed by atoms with Crippen molar-refractivity contribution in [3.05, 3.63) is 42.0 Å². The fourth-order valence-corrected chi connectivity index (χ4v) is 2.98. The highest BCUT2D eigenvalue weighted by molar-refractivity contribution is 5.85. The van der Waals surface area contributed by atoms with Gasteiger partial charge in [-0.3, -0.25) is 4.99 Å². The van der Waals surface area contributed by atoms with Gasteiger partial charge < -0.3 is 15.4 Å². The van der Waals surface area contributed by atoms with Gasteiger partial charge in [-0.2, -0.15) is 0 Å². The molecule has 0 bridgehead atoms. The van der Waals surface area contributed by atoms with Gasteiger partial charge >= 0.3 is 0 Å². The van der Waals surface area contributed by atoms with Crippen LogP contribution in [0.1, 0.15) is 25.5 Å². The summed E-state index contributed by atoms with van der Waals surface area (Å²) in [5, 5.41) is 2.39. The molecule has 0 fully saturated rings. The molecule has 1 unspecified atom stereocenters. The molecule has 0 aliphatic carbocycles. The van der Waals surface area contributed by atoms with E-state index in [0.717, 1.165) is 12.3 Å². The maximum atomic E-state index is 6.02. The topological polar surface area (TPSA) is 50.9 Å². The molecule has 4 nitrogen and oxygen atoms in total. The van der Waals surface area contributed by atoms with Crippen LogP contribution in [-0.4, -0.2) is 30.6 Å². The number of benzene rings is 2. The lowest BCUT2D eigenvalue weighted by Gasteiger charge is -2.30. The predicted octanol–water partition coefficient (Wildman–Crippen LogP) is 2.93. The summed E-state index contributed by atoms with van der Waals surface area (Å²) in [5.41, 5.74) is 7.27. The molecule has 0 radical (unpaired) electrons. The maximum absolute atomic E-state index is 6.02. The molecule has 1 aliphatic rings. The van der Waals surface area contributed by atoms with Crippen LogP contribution in [0.4, 0.5) is 0 Å². The van der Waals surface area contributed by atoms with E-state index in [1.807, 2.05) is 6.07 Å². The second-order valence-electron chi connectivity index (χ2n) is 5.69. The lowest BCUT2D eigenvalue weighted by Crippen LogP contribution is -2.40. The highest BCUT2D eigenvalue weighted by Gasteiger charge is 2.29. The van der Waals surface area contributed by atoms with Gasteiger partial charge in [0.2, 0.25) is 0 Å². The number of fused-ring (bicyclic) bond motifs is 1. The average Bonchev–Trinajstić information content (AvgIpc) is 2.88. The van der Waals surface area contributed by atoms with E-state index < -0.39 is 0 Å². The van der Waals surface area contributed by atoms with Gasteiger partial charge in [0.05, 0.1) is 19.7 Å². The van der Waals surface area contributed by atoms with E-state index >= 15 is 0 Å². The standard InChI is InChI=1S/C17H21N3O/c1-11(2)20-16(10-19-17(20)18)14-5-4-13-9-15(21-3)7-6-12(13)8-14/h4-9,11,16H,10H2,1-3H3,(H2,18,19). The van der Waals surface area contributed by atoms with Crippen molar-refractivity contribution in [2.24, 2.45) is 10.7 Å². The maximum Gasteiger partial charge on any atom is 0.192 e. The Morgan fingerprint density at radius 1 is 1.19 bits per heavy atom. The number of ether oxygens (including phenoxy) is 1. The van der Waals surface area contributed by atoms with Crippen molar-refractivity contribution in [3.63, 3.8) is 0 Å². The van der Waals surface area contributed by atoms with Crippen LogP contribution in [0.2, 0.25) is 0 Å². The number of hydrogen-bond acceptors (Lipinski definition) is 4. The zero-order valence-electron chi connectivity index (χ0n) is 12.7. The summed E-state index contributed by atoms with van der Waals surface area (Å²) in [6.45, 7) is 5.02. The van der Waals surface area contributed by atoms with Gasteiger partial charge in [-0.15, -0.1) is 0 Å². The van der Waals surface area contributed by atoms with E-state index in [1.54, 1.807) is 7.11 Å². The van der Waals surface area contributed by atoms with Crippen molar-refractivity contribution in [2.75, 3.05) is 13.7 Å². The first-order valence-corrected chi connectivity index (χ1v) is 7.26. The van der Waals surface area contributed by atoms with Gasteiger partial charge in [-0.1, -0.05) is 18.2 Å². The Morgan fingerprint density at radius 3 is 2.62 bits per heavy atom. The molecule has 2 N–H and O–H groups in total. The lowest BCUT2D eigenvalue weighted by molar-refractivity contribution is 0.290. The molecule has 110 valence electrons. The van der Waals surface area contributed by atoms with E-state index in [1.165, 1.54) is 16.3 Å². The molecule has 2 aromatic rings. The third kappa shape index (κ3) is 2.42. The first-order chi connectivity index (χ1) is 10.1. The minimum atomic E-state index is 0.233. The van der Waals surface area contributed by atoms with E-state index in [2.05, 4.69) is 54.1 Å². The number of nitrogens with two attached hydrogens (primary N) is 1. The summed E-state index contributed by atoms with van der Waals surface area (Å²) in [5.74, 6) is 1.53. The van der Waals surface area contributed by atoms with Crippen LogP contribution in [-0.2, 0) is 0 Å². The normalized spacial score (nSPS) is 18.4. The first kappa shape index (κ1) is 13.7. The number of nitrogens with zero attached hydrogens (tertiary/aromatic N) is 2. The van der Waals surface area contributed by atoms with Gasteiger partial charge in [0.25, 0.3) is 0 Å². The Labute approximate surface area is 125 Å². The molecule has 1 atom stereocenters. The highest BCUT2D eigenvalue weighted by atomic mass is 16.5. The molecular weight excluding hydrogens is 262 g/mol. The third-order valence-corrected chi connectivity index (χ3v) is 4.04. The van der Waals surface area contributed by atoms with E-state index in [9.17, 15) is 0 Å². The molecule has 0 saturated carbocycles. The quantitative estimate of drug-likeness (QED) is 0.942. The van der Waals surface area contributed by atoms with Crippen molar-refractivity contribution in [1.82, 2.24) is 4.90 Å². The number of guanidine groups is 1. The summed E-state index contributed by atoms with van der Waals surface area (Å²) >= 11 is 0. The molecule has 0 saturated heterocycles. The average molecular weight is 283 g/mol. The van der Waals surface area contributed by atoms with Crippen LogP contribution in [0.5, 0.6) is 5.75 Å². The van der Waals surface area contributed by atoms with Gasteiger partial charge in [0, 0.05) is 6.04 Å². The number of methoxy groups -OCH3 is 1.